The molecule has 0 aromatic carbocycles. The maximum Gasteiger partial charge on any atom is 0.236 e. The largest absolute Gasteiger partial charge is 0.337 e. The van der Waals surface area contributed by atoms with E-state index in [4.69, 9.17) is 0 Å². The second-order valence-electron chi connectivity index (χ2n) is 4.99. The molecular formula is C14H18N4OS. The van der Waals surface area contributed by atoms with E-state index in [0.717, 1.165) is 25.3 Å². The van der Waals surface area contributed by atoms with Gasteiger partial charge in [-0.3, -0.25) is 4.79 Å². The first-order chi connectivity index (χ1) is 9.74. The third kappa shape index (κ3) is 2.76. The molecule has 106 valence electrons. The van der Waals surface area contributed by atoms with Crippen molar-refractivity contribution in [3.63, 3.8) is 0 Å². The Morgan fingerprint density at radius 1 is 1.55 bits per heavy atom. The van der Waals surface area contributed by atoms with E-state index in [9.17, 15) is 4.79 Å². The number of aromatic nitrogens is 2. The van der Waals surface area contributed by atoms with Crippen LogP contribution in [0.4, 0.5) is 0 Å². The van der Waals surface area contributed by atoms with Crippen molar-refractivity contribution in [3.8, 4) is 0 Å². The van der Waals surface area contributed by atoms with Crippen LogP contribution in [0.15, 0.2) is 23.8 Å². The third-order valence-electron chi connectivity index (χ3n) is 3.64. The average molecular weight is 290 g/mol. The molecule has 1 aliphatic rings. The lowest BCUT2D eigenvalue weighted by Crippen LogP contribution is -2.40. The van der Waals surface area contributed by atoms with E-state index in [0.29, 0.717) is 13.1 Å². The minimum Gasteiger partial charge on any atom is -0.337 e. The predicted octanol–water partition coefficient (Wildman–Crippen LogP) is 1.16. The summed E-state index contributed by atoms with van der Waals surface area (Å²) in [5, 5.41) is 5.28. The van der Waals surface area contributed by atoms with Crippen LogP contribution in [0.3, 0.4) is 0 Å². The highest BCUT2D eigenvalue weighted by Gasteiger charge is 2.20. The normalized spacial score (nSPS) is 14.3. The molecule has 0 bridgehead atoms. The number of nitrogens with one attached hydrogen (secondary N) is 1. The van der Waals surface area contributed by atoms with E-state index in [2.05, 4.69) is 21.7 Å². The molecule has 2 aromatic rings. The summed E-state index contributed by atoms with van der Waals surface area (Å²) in [4.78, 5) is 19.8. The first-order valence-corrected chi connectivity index (χ1v) is 7.62. The van der Waals surface area contributed by atoms with Crippen molar-refractivity contribution in [2.45, 2.75) is 19.5 Å². The van der Waals surface area contributed by atoms with Crippen molar-refractivity contribution in [2.24, 2.45) is 7.05 Å². The van der Waals surface area contributed by atoms with Crippen molar-refractivity contribution >= 4 is 17.2 Å². The number of carbonyl (C=O) groups excluding carboxylic acids is 1. The summed E-state index contributed by atoms with van der Waals surface area (Å²) in [5.41, 5.74) is 1.30. The summed E-state index contributed by atoms with van der Waals surface area (Å²) in [6.45, 7) is 2.57. The first-order valence-electron chi connectivity index (χ1n) is 6.74. The molecule has 0 saturated heterocycles. The topological polar surface area (TPSA) is 50.2 Å². The molecule has 5 nitrogen and oxygen atoms in total. The molecule has 0 aliphatic carbocycles. The zero-order valence-corrected chi connectivity index (χ0v) is 12.3. The van der Waals surface area contributed by atoms with Gasteiger partial charge in [-0.15, -0.1) is 11.3 Å². The molecule has 3 rings (SSSR count). The summed E-state index contributed by atoms with van der Waals surface area (Å²) in [6.07, 6.45) is 4.65. The van der Waals surface area contributed by atoms with Gasteiger partial charge in [-0.1, -0.05) is 0 Å². The van der Waals surface area contributed by atoms with Crippen LogP contribution >= 0.6 is 11.3 Å². The van der Waals surface area contributed by atoms with Gasteiger partial charge in [0, 0.05) is 37.4 Å². The zero-order valence-electron chi connectivity index (χ0n) is 11.5. The maximum absolute atomic E-state index is 12.2. The minimum absolute atomic E-state index is 0.163. The molecule has 20 heavy (non-hydrogen) atoms. The molecule has 3 heterocycles. The Labute approximate surface area is 122 Å². The van der Waals surface area contributed by atoms with Gasteiger partial charge in [-0.25, -0.2) is 4.98 Å². The van der Waals surface area contributed by atoms with E-state index >= 15 is 0 Å². The van der Waals surface area contributed by atoms with Gasteiger partial charge in [-0.05, 0) is 23.4 Å². The molecule has 6 heteroatoms. The van der Waals surface area contributed by atoms with Gasteiger partial charge in [0.25, 0.3) is 0 Å². The van der Waals surface area contributed by atoms with E-state index in [1.807, 2.05) is 22.7 Å². The first kappa shape index (κ1) is 13.3. The van der Waals surface area contributed by atoms with Gasteiger partial charge in [0.15, 0.2) is 0 Å². The maximum atomic E-state index is 12.2. The Bertz CT molecular complexity index is 604. The monoisotopic (exact) mass is 290 g/mol. The van der Waals surface area contributed by atoms with Gasteiger partial charge in [-0.2, -0.15) is 0 Å². The van der Waals surface area contributed by atoms with Gasteiger partial charge in [0.05, 0.1) is 13.1 Å². The van der Waals surface area contributed by atoms with Crippen LogP contribution in [0.1, 0.15) is 16.3 Å². The third-order valence-corrected chi connectivity index (χ3v) is 4.66. The Kier molecular flexibility index (Phi) is 3.84. The highest BCUT2D eigenvalue weighted by atomic mass is 32.1. The summed E-state index contributed by atoms with van der Waals surface area (Å²) < 4.78 is 1.95. The van der Waals surface area contributed by atoms with Crippen LogP contribution in [-0.2, 0) is 31.4 Å². The molecular weight excluding hydrogens is 272 g/mol. The number of hydrogen-bond acceptors (Lipinski definition) is 4. The van der Waals surface area contributed by atoms with E-state index < -0.39 is 0 Å². The number of hydrogen-bond donors (Lipinski definition) is 1. The Morgan fingerprint density at radius 2 is 2.45 bits per heavy atom. The fraction of sp³-hybridized carbons (Fsp3) is 0.429. The number of rotatable bonds is 4. The molecule has 2 aromatic heterocycles. The standard InChI is InChI=1S/C14H18N4OS/c1-17-6-4-16-13(17)8-15-9-14(19)18-5-2-12-11(10-18)3-7-20-12/h3-4,6-7,15H,2,5,8-10H2,1H3. The van der Waals surface area contributed by atoms with Crippen LogP contribution in [0.5, 0.6) is 0 Å². The van der Waals surface area contributed by atoms with E-state index in [-0.39, 0.29) is 5.91 Å². The molecule has 0 saturated carbocycles. The van der Waals surface area contributed by atoms with Crippen molar-refractivity contribution in [2.75, 3.05) is 13.1 Å². The highest BCUT2D eigenvalue weighted by molar-refractivity contribution is 7.10. The number of imidazole rings is 1. The van der Waals surface area contributed by atoms with Crippen molar-refractivity contribution in [1.29, 1.82) is 0 Å². The predicted molar refractivity (Wildman–Crippen MR) is 78.4 cm³/mol. The smallest absolute Gasteiger partial charge is 0.236 e. The second-order valence-corrected chi connectivity index (χ2v) is 5.99. The van der Waals surface area contributed by atoms with Gasteiger partial charge >= 0.3 is 0 Å². The van der Waals surface area contributed by atoms with Crippen LogP contribution in [0.2, 0.25) is 0 Å². The number of carbonyl (C=O) groups is 1. The van der Waals surface area contributed by atoms with Gasteiger partial charge < -0.3 is 14.8 Å². The van der Waals surface area contributed by atoms with Crippen LogP contribution in [-0.4, -0.2) is 33.4 Å². The van der Waals surface area contributed by atoms with Gasteiger partial charge in [0.1, 0.15) is 5.82 Å². The molecule has 0 radical (unpaired) electrons. The van der Waals surface area contributed by atoms with Crippen molar-refractivity contribution < 1.29 is 4.79 Å². The van der Waals surface area contributed by atoms with Crippen LogP contribution in [0.25, 0.3) is 0 Å². The van der Waals surface area contributed by atoms with Crippen LogP contribution < -0.4 is 5.32 Å². The van der Waals surface area contributed by atoms with Crippen molar-refractivity contribution in [1.82, 2.24) is 19.8 Å². The fourth-order valence-electron chi connectivity index (χ4n) is 2.42. The average Bonchev–Trinajstić information content (AvgIpc) is 3.07. The summed E-state index contributed by atoms with van der Waals surface area (Å²) in [5.74, 6) is 1.10. The lowest BCUT2D eigenvalue weighted by Gasteiger charge is -2.27. The highest BCUT2D eigenvalue weighted by Crippen LogP contribution is 2.23. The number of amides is 1. The molecule has 0 unspecified atom stereocenters. The lowest BCUT2D eigenvalue weighted by molar-refractivity contribution is -0.131. The van der Waals surface area contributed by atoms with Gasteiger partial charge in [0.2, 0.25) is 5.91 Å². The summed E-state index contributed by atoms with van der Waals surface area (Å²) in [7, 11) is 1.95. The quantitative estimate of drug-likeness (QED) is 0.919. The lowest BCUT2D eigenvalue weighted by atomic mass is 10.1. The Hall–Kier alpha value is -1.66. The van der Waals surface area contributed by atoms with Crippen LogP contribution in [0, 0.1) is 0 Å². The Balaban J connectivity index is 1.49. The van der Waals surface area contributed by atoms with E-state index in [1.54, 1.807) is 17.5 Å². The zero-order chi connectivity index (χ0) is 13.9. The van der Waals surface area contributed by atoms with Crippen molar-refractivity contribution in [3.05, 3.63) is 40.1 Å². The Morgan fingerprint density at radius 3 is 3.25 bits per heavy atom. The number of aryl methyl sites for hydroxylation is 1. The number of thiophene rings is 1. The molecule has 0 atom stereocenters. The molecule has 0 spiro atoms. The number of fused-ring (bicyclic) bond motifs is 1. The summed E-state index contributed by atoms with van der Waals surface area (Å²) in [6, 6.07) is 2.13. The molecule has 1 aliphatic heterocycles. The minimum atomic E-state index is 0.163. The fourth-order valence-corrected chi connectivity index (χ4v) is 3.31. The summed E-state index contributed by atoms with van der Waals surface area (Å²) >= 11 is 1.79. The SMILES string of the molecule is Cn1ccnc1CNCC(=O)N1CCc2sccc2C1. The molecule has 0 fully saturated rings. The van der Waals surface area contributed by atoms with E-state index in [1.165, 1.54) is 10.4 Å². The molecule has 1 amide bonds. The second kappa shape index (κ2) is 5.76. The number of nitrogens with zero attached hydrogens (tertiary/aromatic N) is 3. The molecule has 1 N–H and O–H groups in total.